The molecule has 0 aliphatic heterocycles. The Morgan fingerprint density at radius 1 is 1.25 bits per heavy atom. The van der Waals surface area contributed by atoms with Crippen molar-refractivity contribution in [1.82, 2.24) is 0 Å². The maximum atomic E-state index is 11.0. The largest absolute Gasteiger partial charge is 0.383 e. The van der Waals surface area contributed by atoms with Crippen molar-refractivity contribution < 1.29 is 12.6 Å². The molecule has 0 fully saturated rings. The molecule has 0 amide bonds. The lowest BCUT2D eigenvalue weighted by atomic mass is 10.1. The minimum Gasteiger partial charge on any atom is -0.383 e. The van der Waals surface area contributed by atoms with E-state index in [1.165, 1.54) is 12.8 Å². The van der Waals surface area contributed by atoms with Gasteiger partial charge in [0.2, 0.25) is 0 Å². The van der Waals surface area contributed by atoms with Gasteiger partial charge in [-0.2, -0.15) is 8.42 Å². The first kappa shape index (κ1) is 13.0. The molecule has 1 rings (SSSR count). The van der Waals surface area contributed by atoms with E-state index >= 15 is 0 Å². The van der Waals surface area contributed by atoms with Gasteiger partial charge in [0.1, 0.15) is 5.75 Å². The first-order valence-electron chi connectivity index (χ1n) is 5.49. The van der Waals surface area contributed by atoms with Crippen molar-refractivity contribution in [2.24, 2.45) is 0 Å². The Bertz CT molecular complexity index is 424. The predicted octanol–water partition coefficient (Wildman–Crippen LogP) is 2.76. The van der Waals surface area contributed by atoms with Gasteiger partial charge >= 0.3 is 10.1 Å². The molecule has 0 N–H and O–H groups in total. The van der Waals surface area contributed by atoms with Crippen molar-refractivity contribution in [3.8, 4) is 5.75 Å². The van der Waals surface area contributed by atoms with Crippen LogP contribution >= 0.6 is 0 Å². The normalized spacial score (nSPS) is 11.4. The number of hydrogen-bond donors (Lipinski definition) is 0. The Labute approximate surface area is 97.6 Å². The van der Waals surface area contributed by atoms with Gasteiger partial charge in [0, 0.05) is 0 Å². The first-order valence-corrected chi connectivity index (χ1v) is 7.31. The van der Waals surface area contributed by atoms with Crippen LogP contribution in [0.25, 0.3) is 0 Å². The molecule has 0 atom stereocenters. The molecule has 3 nitrogen and oxygen atoms in total. The monoisotopic (exact) mass is 242 g/mol. The second-order valence-electron chi connectivity index (χ2n) is 3.89. The van der Waals surface area contributed by atoms with Gasteiger partial charge in [0.25, 0.3) is 0 Å². The molecule has 0 aromatic heterocycles. The van der Waals surface area contributed by atoms with E-state index in [0.29, 0.717) is 5.75 Å². The van der Waals surface area contributed by atoms with Crippen LogP contribution in [-0.4, -0.2) is 14.7 Å². The lowest BCUT2D eigenvalue weighted by Gasteiger charge is -2.05. The third kappa shape index (κ3) is 5.16. The van der Waals surface area contributed by atoms with Crippen LogP contribution < -0.4 is 4.18 Å². The highest BCUT2D eigenvalue weighted by Gasteiger charge is 2.04. The van der Waals surface area contributed by atoms with Gasteiger partial charge in [-0.1, -0.05) is 31.9 Å². The molecule has 90 valence electrons. The molecule has 1 aromatic rings. The molecular formula is C12H18O3S. The van der Waals surface area contributed by atoms with Crippen LogP contribution in [0.15, 0.2) is 24.3 Å². The second kappa shape index (κ2) is 5.89. The fourth-order valence-corrected chi connectivity index (χ4v) is 1.96. The van der Waals surface area contributed by atoms with Crippen LogP contribution in [0.5, 0.6) is 5.75 Å². The van der Waals surface area contributed by atoms with Crippen LogP contribution in [0.2, 0.25) is 0 Å². The Morgan fingerprint density at radius 2 is 2.00 bits per heavy atom. The number of hydrogen-bond acceptors (Lipinski definition) is 3. The Kier molecular flexibility index (Phi) is 4.80. The van der Waals surface area contributed by atoms with E-state index in [-0.39, 0.29) is 0 Å². The average molecular weight is 242 g/mol. The van der Waals surface area contributed by atoms with E-state index in [2.05, 4.69) is 6.92 Å². The third-order valence-corrected chi connectivity index (χ3v) is 2.71. The van der Waals surface area contributed by atoms with Crippen molar-refractivity contribution in [3.63, 3.8) is 0 Å². The fraction of sp³-hybridized carbons (Fsp3) is 0.500. The standard InChI is InChI=1S/C12H18O3S/c1-3-4-5-7-11-8-6-9-12(10-11)15-16(2,13)14/h6,8-10H,3-5,7H2,1-2H3. The van der Waals surface area contributed by atoms with Gasteiger partial charge in [0.05, 0.1) is 6.26 Å². The molecule has 0 bridgehead atoms. The molecule has 0 aliphatic rings. The highest BCUT2D eigenvalue weighted by molar-refractivity contribution is 7.86. The van der Waals surface area contributed by atoms with Crippen LogP contribution in [0.1, 0.15) is 31.7 Å². The molecule has 16 heavy (non-hydrogen) atoms. The first-order chi connectivity index (χ1) is 7.51. The minimum atomic E-state index is -3.42. The van der Waals surface area contributed by atoms with Gasteiger partial charge in [-0.05, 0) is 30.5 Å². The van der Waals surface area contributed by atoms with Crippen LogP contribution in [0.4, 0.5) is 0 Å². The van der Waals surface area contributed by atoms with Crippen LogP contribution in [0, 0.1) is 0 Å². The van der Waals surface area contributed by atoms with E-state index < -0.39 is 10.1 Å². The van der Waals surface area contributed by atoms with Crippen LogP contribution in [0.3, 0.4) is 0 Å². The molecule has 0 spiro atoms. The third-order valence-electron chi connectivity index (χ3n) is 2.22. The van der Waals surface area contributed by atoms with Crippen molar-refractivity contribution in [1.29, 1.82) is 0 Å². The van der Waals surface area contributed by atoms with Crippen molar-refractivity contribution in [3.05, 3.63) is 29.8 Å². The van der Waals surface area contributed by atoms with E-state index in [0.717, 1.165) is 24.7 Å². The minimum absolute atomic E-state index is 0.400. The molecule has 0 aliphatic carbocycles. The van der Waals surface area contributed by atoms with Gasteiger partial charge in [-0.3, -0.25) is 0 Å². The van der Waals surface area contributed by atoms with Crippen molar-refractivity contribution in [2.75, 3.05) is 6.26 Å². The Balaban J connectivity index is 2.64. The molecule has 4 heteroatoms. The zero-order valence-electron chi connectivity index (χ0n) is 9.77. The van der Waals surface area contributed by atoms with Gasteiger partial charge < -0.3 is 4.18 Å². The maximum Gasteiger partial charge on any atom is 0.306 e. The zero-order chi connectivity index (χ0) is 12.0. The van der Waals surface area contributed by atoms with Gasteiger partial charge in [-0.25, -0.2) is 0 Å². The number of benzene rings is 1. The summed E-state index contributed by atoms with van der Waals surface area (Å²) in [6.45, 7) is 2.16. The highest BCUT2D eigenvalue weighted by atomic mass is 32.2. The average Bonchev–Trinajstić information content (AvgIpc) is 2.16. The van der Waals surface area contributed by atoms with Gasteiger partial charge in [-0.15, -0.1) is 0 Å². The van der Waals surface area contributed by atoms with E-state index in [1.807, 2.05) is 12.1 Å². The Hall–Kier alpha value is -1.03. The molecule has 0 saturated carbocycles. The molecular weight excluding hydrogens is 224 g/mol. The second-order valence-corrected chi connectivity index (χ2v) is 5.47. The summed E-state index contributed by atoms with van der Waals surface area (Å²) in [5.41, 5.74) is 1.12. The molecule has 0 heterocycles. The summed E-state index contributed by atoms with van der Waals surface area (Å²) in [6.07, 6.45) is 5.51. The smallest absolute Gasteiger partial charge is 0.306 e. The quantitative estimate of drug-likeness (QED) is 0.569. The molecule has 1 aromatic carbocycles. The number of unbranched alkanes of at least 4 members (excludes halogenated alkanes) is 2. The summed E-state index contributed by atoms with van der Waals surface area (Å²) in [5.74, 6) is 0.400. The SMILES string of the molecule is CCCCCc1cccc(OS(C)(=O)=O)c1. The summed E-state index contributed by atoms with van der Waals surface area (Å²) in [7, 11) is -3.42. The summed E-state index contributed by atoms with van der Waals surface area (Å²) >= 11 is 0. The van der Waals surface area contributed by atoms with E-state index in [9.17, 15) is 8.42 Å². The molecule has 0 unspecified atom stereocenters. The summed E-state index contributed by atoms with van der Waals surface area (Å²) < 4.78 is 26.7. The lowest BCUT2D eigenvalue weighted by molar-refractivity contribution is 0.492. The lowest BCUT2D eigenvalue weighted by Crippen LogP contribution is -2.05. The predicted molar refractivity (Wildman–Crippen MR) is 65.1 cm³/mol. The highest BCUT2D eigenvalue weighted by Crippen LogP contribution is 2.16. The van der Waals surface area contributed by atoms with E-state index in [4.69, 9.17) is 4.18 Å². The molecule has 0 radical (unpaired) electrons. The summed E-state index contributed by atoms with van der Waals surface area (Å²) in [5, 5.41) is 0. The fourth-order valence-electron chi connectivity index (χ4n) is 1.51. The maximum absolute atomic E-state index is 11.0. The van der Waals surface area contributed by atoms with Crippen molar-refractivity contribution >= 4 is 10.1 Å². The van der Waals surface area contributed by atoms with Crippen molar-refractivity contribution in [2.45, 2.75) is 32.6 Å². The topological polar surface area (TPSA) is 43.4 Å². The summed E-state index contributed by atoms with van der Waals surface area (Å²) in [4.78, 5) is 0. The van der Waals surface area contributed by atoms with E-state index in [1.54, 1.807) is 12.1 Å². The summed E-state index contributed by atoms with van der Waals surface area (Å²) in [6, 6.07) is 7.26. The van der Waals surface area contributed by atoms with Crippen LogP contribution in [-0.2, 0) is 16.5 Å². The molecule has 0 saturated heterocycles. The number of rotatable bonds is 6. The zero-order valence-corrected chi connectivity index (χ0v) is 10.6. The number of aryl methyl sites for hydroxylation is 1. The van der Waals surface area contributed by atoms with Gasteiger partial charge in [0.15, 0.2) is 0 Å². The Morgan fingerprint density at radius 3 is 2.62 bits per heavy atom.